The van der Waals surface area contributed by atoms with Crippen LogP contribution in [0.25, 0.3) is 0 Å². The molecule has 2 saturated heterocycles. The minimum absolute atomic E-state index is 0.129. The van der Waals surface area contributed by atoms with Gasteiger partial charge in [0.2, 0.25) is 5.95 Å². The highest BCUT2D eigenvalue weighted by atomic mass is 19.1. The van der Waals surface area contributed by atoms with E-state index in [4.69, 9.17) is 4.74 Å². The standard InChI is InChI=1S/C20H24FN5O2/c21-16-5-1-2-6-18(16)25-9-11-26(12-10-25)19(27)17-7-8-22-20(24-17)23-14-15-4-3-13-28-15/h1-2,5-8,15H,3-4,9-14H2,(H,22,23,24). The number of carbonyl (C=O) groups excluding carboxylic acids is 1. The molecule has 0 spiro atoms. The Labute approximate surface area is 163 Å². The van der Waals surface area contributed by atoms with Crippen LogP contribution in [0.1, 0.15) is 23.3 Å². The Morgan fingerprint density at radius 1 is 1.21 bits per heavy atom. The van der Waals surface area contributed by atoms with Crippen LogP contribution in [0, 0.1) is 5.82 Å². The molecule has 2 fully saturated rings. The van der Waals surface area contributed by atoms with E-state index in [1.807, 2.05) is 11.0 Å². The second-order valence-electron chi connectivity index (χ2n) is 7.01. The Balaban J connectivity index is 1.34. The molecule has 1 unspecified atom stereocenters. The van der Waals surface area contributed by atoms with Gasteiger partial charge >= 0.3 is 0 Å². The Kier molecular flexibility index (Phi) is 5.66. The number of anilines is 2. The maximum absolute atomic E-state index is 14.0. The first-order valence-corrected chi connectivity index (χ1v) is 9.68. The fourth-order valence-electron chi connectivity index (χ4n) is 3.59. The number of carbonyl (C=O) groups is 1. The number of benzene rings is 1. The first-order valence-electron chi connectivity index (χ1n) is 9.68. The first kappa shape index (κ1) is 18.6. The van der Waals surface area contributed by atoms with Crippen molar-refractivity contribution in [2.75, 3.05) is 49.5 Å². The topological polar surface area (TPSA) is 70.6 Å². The van der Waals surface area contributed by atoms with Gasteiger partial charge in [-0.05, 0) is 31.0 Å². The summed E-state index contributed by atoms with van der Waals surface area (Å²) in [4.78, 5) is 25.1. The summed E-state index contributed by atoms with van der Waals surface area (Å²) in [6.45, 7) is 3.65. The van der Waals surface area contributed by atoms with Crippen LogP contribution < -0.4 is 10.2 Å². The minimum atomic E-state index is -0.236. The summed E-state index contributed by atoms with van der Waals surface area (Å²) >= 11 is 0. The third kappa shape index (κ3) is 4.22. The largest absolute Gasteiger partial charge is 0.376 e. The quantitative estimate of drug-likeness (QED) is 0.851. The van der Waals surface area contributed by atoms with E-state index in [0.29, 0.717) is 50.1 Å². The van der Waals surface area contributed by atoms with Gasteiger partial charge in [-0.25, -0.2) is 14.4 Å². The molecule has 1 N–H and O–H groups in total. The van der Waals surface area contributed by atoms with Crippen molar-refractivity contribution in [2.45, 2.75) is 18.9 Å². The molecule has 3 heterocycles. The Morgan fingerprint density at radius 3 is 2.79 bits per heavy atom. The highest BCUT2D eigenvalue weighted by Crippen LogP contribution is 2.20. The molecule has 1 atom stereocenters. The van der Waals surface area contributed by atoms with Crippen LogP contribution in [-0.2, 0) is 4.74 Å². The summed E-state index contributed by atoms with van der Waals surface area (Å²) in [6, 6.07) is 8.35. The predicted octanol–water partition coefficient (Wildman–Crippen LogP) is 2.17. The number of piperazine rings is 1. The molecule has 2 aliphatic rings. The second kappa shape index (κ2) is 8.52. The fourth-order valence-corrected chi connectivity index (χ4v) is 3.59. The van der Waals surface area contributed by atoms with Crippen molar-refractivity contribution in [1.82, 2.24) is 14.9 Å². The van der Waals surface area contributed by atoms with Gasteiger partial charge in [0.25, 0.3) is 5.91 Å². The third-order valence-electron chi connectivity index (χ3n) is 5.15. The molecule has 1 aromatic carbocycles. The van der Waals surface area contributed by atoms with Crippen LogP contribution in [0.15, 0.2) is 36.5 Å². The molecule has 2 aliphatic heterocycles. The lowest BCUT2D eigenvalue weighted by Gasteiger charge is -2.36. The molecule has 1 amide bonds. The van der Waals surface area contributed by atoms with Gasteiger partial charge < -0.3 is 19.9 Å². The predicted molar refractivity (Wildman–Crippen MR) is 104 cm³/mol. The van der Waals surface area contributed by atoms with Gasteiger partial charge in [-0.15, -0.1) is 0 Å². The normalized spacial score (nSPS) is 19.7. The van der Waals surface area contributed by atoms with Crippen LogP contribution in [0.4, 0.5) is 16.0 Å². The van der Waals surface area contributed by atoms with Gasteiger partial charge in [-0.3, -0.25) is 4.79 Å². The highest BCUT2D eigenvalue weighted by Gasteiger charge is 2.24. The molecule has 0 bridgehead atoms. The molecule has 0 aliphatic carbocycles. The molecule has 148 valence electrons. The summed E-state index contributed by atoms with van der Waals surface area (Å²) in [5.41, 5.74) is 0.946. The fraction of sp³-hybridized carbons (Fsp3) is 0.450. The molecule has 4 rings (SSSR count). The van der Waals surface area contributed by atoms with E-state index in [1.54, 1.807) is 29.3 Å². The summed E-state index contributed by atoms with van der Waals surface area (Å²) in [5.74, 6) is 0.0714. The van der Waals surface area contributed by atoms with Crippen LogP contribution >= 0.6 is 0 Å². The van der Waals surface area contributed by atoms with Gasteiger partial charge in [0.1, 0.15) is 11.5 Å². The number of rotatable bonds is 5. The van der Waals surface area contributed by atoms with Crippen molar-refractivity contribution in [2.24, 2.45) is 0 Å². The van der Waals surface area contributed by atoms with Gasteiger partial charge in [0, 0.05) is 45.5 Å². The van der Waals surface area contributed by atoms with Gasteiger partial charge in [0.15, 0.2) is 0 Å². The smallest absolute Gasteiger partial charge is 0.272 e. The van der Waals surface area contributed by atoms with Crippen LogP contribution in [0.5, 0.6) is 0 Å². The molecule has 2 aromatic rings. The zero-order valence-electron chi connectivity index (χ0n) is 15.7. The van der Waals surface area contributed by atoms with E-state index in [1.165, 1.54) is 6.07 Å². The number of hydrogen-bond donors (Lipinski definition) is 1. The van der Waals surface area contributed by atoms with Crippen molar-refractivity contribution in [3.8, 4) is 0 Å². The van der Waals surface area contributed by atoms with Crippen molar-refractivity contribution in [3.63, 3.8) is 0 Å². The number of nitrogens with zero attached hydrogens (tertiary/aromatic N) is 4. The lowest BCUT2D eigenvalue weighted by Crippen LogP contribution is -2.49. The van der Waals surface area contributed by atoms with E-state index in [0.717, 1.165) is 19.4 Å². The number of para-hydroxylation sites is 1. The summed E-state index contributed by atoms with van der Waals surface area (Å²) < 4.78 is 19.5. The Bertz CT molecular complexity index is 820. The molecular formula is C20H24FN5O2. The second-order valence-corrected chi connectivity index (χ2v) is 7.01. The van der Waals surface area contributed by atoms with Gasteiger partial charge in [-0.2, -0.15) is 0 Å². The molecule has 28 heavy (non-hydrogen) atoms. The number of ether oxygens (including phenoxy) is 1. The van der Waals surface area contributed by atoms with E-state index in [9.17, 15) is 9.18 Å². The average molecular weight is 385 g/mol. The van der Waals surface area contributed by atoms with Crippen molar-refractivity contribution in [3.05, 3.63) is 48.0 Å². The number of hydrogen-bond acceptors (Lipinski definition) is 6. The van der Waals surface area contributed by atoms with E-state index < -0.39 is 0 Å². The summed E-state index contributed by atoms with van der Waals surface area (Å²) in [6.07, 6.45) is 3.87. The highest BCUT2D eigenvalue weighted by molar-refractivity contribution is 5.92. The van der Waals surface area contributed by atoms with Crippen LogP contribution in [0.3, 0.4) is 0 Å². The number of amides is 1. The molecule has 0 saturated carbocycles. The van der Waals surface area contributed by atoms with Gasteiger partial charge in [0.05, 0.1) is 11.8 Å². The SMILES string of the molecule is O=C(c1ccnc(NCC2CCCO2)n1)N1CCN(c2ccccc2F)CC1. The zero-order chi connectivity index (χ0) is 19.3. The van der Waals surface area contributed by atoms with Crippen LogP contribution in [0.2, 0.25) is 0 Å². The zero-order valence-corrected chi connectivity index (χ0v) is 15.7. The van der Waals surface area contributed by atoms with Crippen molar-refractivity contribution in [1.29, 1.82) is 0 Å². The lowest BCUT2D eigenvalue weighted by atomic mass is 10.2. The molecule has 0 radical (unpaired) electrons. The Morgan fingerprint density at radius 2 is 2.04 bits per heavy atom. The average Bonchev–Trinajstić information content (AvgIpc) is 3.26. The maximum Gasteiger partial charge on any atom is 0.272 e. The molecule has 7 nitrogen and oxygen atoms in total. The minimum Gasteiger partial charge on any atom is -0.376 e. The molecule has 1 aromatic heterocycles. The first-order chi connectivity index (χ1) is 13.7. The van der Waals surface area contributed by atoms with Crippen molar-refractivity contribution < 1.29 is 13.9 Å². The number of nitrogens with one attached hydrogen (secondary N) is 1. The molecule has 8 heteroatoms. The van der Waals surface area contributed by atoms with Gasteiger partial charge in [-0.1, -0.05) is 12.1 Å². The monoisotopic (exact) mass is 385 g/mol. The third-order valence-corrected chi connectivity index (χ3v) is 5.15. The lowest BCUT2D eigenvalue weighted by molar-refractivity contribution is 0.0740. The maximum atomic E-state index is 14.0. The number of halogens is 1. The van der Waals surface area contributed by atoms with E-state index in [2.05, 4.69) is 15.3 Å². The Hall–Kier alpha value is -2.74. The summed E-state index contributed by atoms with van der Waals surface area (Å²) in [5, 5.41) is 3.15. The molecular weight excluding hydrogens is 361 g/mol. The summed E-state index contributed by atoms with van der Waals surface area (Å²) in [7, 11) is 0. The van der Waals surface area contributed by atoms with E-state index in [-0.39, 0.29) is 17.8 Å². The van der Waals surface area contributed by atoms with Crippen molar-refractivity contribution >= 4 is 17.5 Å². The van der Waals surface area contributed by atoms with Crippen LogP contribution in [-0.4, -0.2) is 66.2 Å². The van der Waals surface area contributed by atoms with E-state index >= 15 is 0 Å². The number of aromatic nitrogens is 2.